The van der Waals surface area contributed by atoms with E-state index < -0.39 is 0 Å². The smallest absolute Gasteiger partial charge is 0.219 e. The summed E-state index contributed by atoms with van der Waals surface area (Å²) in [7, 11) is 0. The fourth-order valence-corrected chi connectivity index (χ4v) is 1.21. The summed E-state index contributed by atoms with van der Waals surface area (Å²) in [5, 5.41) is 0. The molecule has 0 unspecified atom stereocenters. The quantitative estimate of drug-likeness (QED) is 0.585. The van der Waals surface area contributed by atoms with Gasteiger partial charge in [0.1, 0.15) is 6.61 Å². The van der Waals surface area contributed by atoms with Gasteiger partial charge < -0.3 is 14.4 Å². The summed E-state index contributed by atoms with van der Waals surface area (Å²) in [5.41, 5.74) is 0. The van der Waals surface area contributed by atoms with Crippen molar-refractivity contribution in [2.24, 2.45) is 0 Å². The van der Waals surface area contributed by atoms with Crippen molar-refractivity contribution in [2.75, 3.05) is 19.8 Å². The third-order valence-corrected chi connectivity index (χ3v) is 1.81. The van der Waals surface area contributed by atoms with Gasteiger partial charge in [0.25, 0.3) is 0 Å². The number of rotatable bonds is 1. The molecule has 0 N–H and O–H groups in total. The third-order valence-electron chi connectivity index (χ3n) is 1.81. The maximum absolute atomic E-state index is 5.43. The maximum atomic E-state index is 5.43. The summed E-state index contributed by atoms with van der Waals surface area (Å²) in [6.07, 6.45) is 10.1. The monoisotopic (exact) mass is 166 g/mol. The molecule has 0 bridgehead atoms. The zero-order valence-corrected chi connectivity index (χ0v) is 6.90. The highest BCUT2D eigenvalue weighted by Gasteiger charge is 2.20. The first-order valence-electron chi connectivity index (χ1n) is 4.15. The van der Waals surface area contributed by atoms with E-state index in [4.69, 9.17) is 9.47 Å². The Hall–Kier alpha value is -0.800. The summed E-state index contributed by atoms with van der Waals surface area (Å²) >= 11 is 0. The number of ether oxygens (including phenoxy) is 2. The summed E-state index contributed by atoms with van der Waals surface area (Å²) in [6.45, 7) is 1.94. The van der Waals surface area contributed by atoms with Crippen LogP contribution in [0.15, 0.2) is 24.6 Å². The van der Waals surface area contributed by atoms with E-state index in [2.05, 4.69) is 12.2 Å². The minimum absolute atomic E-state index is 0.578. The van der Waals surface area contributed by atoms with Crippen LogP contribution in [0.5, 0.6) is 0 Å². The molecule has 2 rings (SSSR count). The van der Waals surface area contributed by atoms with Crippen LogP contribution >= 0.6 is 0 Å². The second-order valence-electron chi connectivity index (χ2n) is 2.71. The molecule has 2 heterocycles. The first kappa shape index (κ1) is 7.83. The van der Waals surface area contributed by atoms with Crippen molar-refractivity contribution in [3.63, 3.8) is 0 Å². The number of hydrogen-bond donors (Lipinski definition) is 0. The van der Waals surface area contributed by atoms with Crippen LogP contribution in [0.1, 0.15) is 6.42 Å². The number of hydrogen-bond acceptors (Lipinski definition) is 3. The molecule has 0 amide bonds. The molecule has 2 aliphatic heterocycles. The van der Waals surface area contributed by atoms with Gasteiger partial charge in [-0.25, -0.2) is 0 Å². The van der Waals surface area contributed by atoms with Crippen molar-refractivity contribution in [1.82, 2.24) is 4.90 Å². The molecule has 0 aromatic rings. The third kappa shape index (κ3) is 1.68. The van der Waals surface area contributed by atoms with Crippen molar-refractivity contribution >= 4 is 0 Å². The van der Waals surface area contributed by atoms with E-state index in [0.29, 0.717) is 19.8 Å². The van der Waals surface area contributed by atoms with Gasteiger partial charge in [0.05, 0.1) is 13.2 Å². The predicted octanol–water partition coefficient (Wildman–Crippen LogP) is 1.26. The maximum Gasteiger partial charge on any atom is 0.219 e. The van der Waals surface area contributed by atoms with E-state index in [-0.39, 0.29) is 0 Å². The van der Waals surface area contributed by atoms with E-state index in [1.54, 1.807) is 0 Å². The van der Waals surface area contributed by atoms with Gasteiger partial charge in [0.15, 0.2) is 0 Å². The van der Waals surface area contributed by atoms with Crippen molar-refractivity contribution in [3.8, 4) is 0 Å². The van der Waals surface area contributed by atoms with Crippen LogP contribution in [0.4, 0.5) is 0 Å². The highest BCUT2D eigenvalue weighted by Crippen LogP contribution is 2.18. The lowest BCUT2D eigenvalue weighted by Gasteiger charge is -2.29. The van der Waals surface area contributed by atoms with Crippen molar-refractivity contribution in [1.29, 1.82) is 0 Å². The predicted molar refractivity (Wildman–Crippen MR) is 44.8 cm³/mol. The average Bonchev–Trinajstić information content (AvgIpc) is 2.21. The Labute approximate surface area is 72.3 Å². The Morgan fingerprint density at radius 1 is 1.17 bits per heavy atom. The molecule has 65 valence electrons. The van der Waals surface area contributed by atoms with Gasteiger partial charge in [0.2, 0.25) is 6.23 Å². The second-order valence-corrected chi connectivity index (χ2v) is 2.71. The zero-order valence-electron chi connectivity index (χ0n) is 6.90. The largest absolute Gasteiger partial charge is 0.374 e. The van der Waals surface area contributed by atoms with Crippen molar-refractivity contribution < 1.29 is 9.47 Å². The molecule has 0 saturated carbocycles. The van der Waals surface area contributed by atoms with Crippen LogP contribution in [-0.4, -0.2) is 24.7 Å². The standard InChI is InChI=1S/C9H12NO2/c1-2-4-10(5-3-1)9-8-11-6-7-12-9/h2-5H,1,6-8H2. The topological polar surface area (TPSA) is 21.7 Å². The molecule has 3 heteroatoms. The van der Waals surface area contributed by atoms with Crippen molar-refractivity contribution in [3.05, 3.63) is 30.8 Å². The lowest BCUT2D eigenvalue weighted by molar-refractivity contribution is -0.0623. The summed E-state index contributed by atoms with van der Waals surface area (Å²) in [5.74, 6) is 0. The summed E-state index contributed by atoms with van der Waals surface area (Å²) in [4.78, 5) is 1.96. The molecule has 0 aliphatic carbocycles. The summed E-state index contributed by atoms with van der Waals surface area (Å²) < 4.78 is 10.7. The van der Waals surface area contributed by atoms with Crippen LogP contribution in [0.25, 0.3) is 0 Å². The van der Waals surface area contributed by atoms with Gasteiger partial charge in [-0.3, -0.25) is 0 Å². The number of allylic oxidation sites excluding steroid dienone is 2. The molecule has 2 aliphatic rings. The van der Waals surface area contributed by atoms with Gasteiger partial charge in [-0.2, -0.15) is 0 Å². The minimum atomic E-state index is 0.578. The van der Waals surface area contributed by atoms with E-state index in [0.717, 1.165) is 12.6 Å². The molecule has 1 fully saturated rings. The fraction of sp³-hybridized carbons (Fsp3) is 0.444. The Kier molecular flexibility index (Phi) is 2.44. The Morgan fingerprint density at radius 2 is 2.00 bits per heavy atom. The van der Waals surface area contributed by atoms with Crippen molar-refractivity contribution in [2.45, 2.75) is 6.42 Å². The van der Waals surface area contributed by atoms with Crippen LogP contribution in [0.3, 0.4) is 0 Å². The van der Waals surface area contributed by atoms with Crippen LogP contribution < -0.4 is 0 Å². The van der Waals surface area contributed by atoms with Crippen LogP contribution in [0.2, 0.25) is 0 Å². The van der Waals surface area contributed by atoms with E-state index in [9.17, 15) is 0 Å². The lowest BCUT2D eigenvalue weighted by Crippen LogP contribution is -2.31. The van der Waals surface area contributed by atoms with E-state index >= 15 is 0 Å². The Morgan fingerprint density at radius 3 is 2.67 bits per heavy atom. The SMILES string of the molecule is C1=CN([C]2COCCO2)C=CC1. The molecule has 0 spiro atoms. The Balaban J connectivity index is 1.93. The molecular formula is C9H12NO2. The molecular weight excluding hydrogens is 154 g/mol. The highest BCUT2D eigenvalue weighted by atomic mass is 16.6. The molecule has 0 aromatic carbocycles. The van der Waals surface area contributed by atoms with Gasteiger partial charge >= 0.3 is 0 Å². The highest BCUT2D eigenvalue weighted by molar-refractivity contribution is 5.07. The zero-order chi connectivity index (χ0) is 8.23. The van der Waals surface area contributed by atoms with Crippen LogP contribution in [0, 0.1) is 6.23 Å². The average molecular weight is 166 g/mol. The number of nitrogens with zero attached hydrogens (tertiary/aromatic N) is 1. The summed E-state index contributed by atoms with van der Waals surface area (Å²) in [6, 6.07) is 0. The van der Waals surface area contributed by atoms with E-state index in [1.807, 2.05) is 17.3 Å². The molecule has 0 atom stereocenters. The fourth-order valence-electron chi connectivity index (χ4n) is 1.21. The first-order chi connectivity index (χ1) is 5.97. The first-order valence-corrected chi connectivity index (χ1v) is 4.15. The van der Waals surface area contributed by atoms with E-state index in [1.165, 1.54) is 0 Å². The van der Waals surface area contributed by atoms with Crippen LogP contribution in [-0.2, 0) is 9.47 Å². The molecule has 3 nitrogen and oxygen atoms in total. The van der Waals surface area contributed by atoms with Gasteiger partial charge in [0, 0.05) is 12.4 Å². The molecule has 12 heavy (non-hydrogen) atoms. The van der Waals surface area contributed by atoms with Gasteiger partial charge in [-0.15, -0.1) is 0 Å². The normalized spacial score (nSPS) is 24.8. The minimum Gasteiger partial charge on any atom is -0.374 e. The lowest BCUT2D eigenvalue weighted by atomic mass is 10.3. The molecule has 0 aromatic heterocycles. The van der Waals surface area contributed by atoms with Gasteiger partial charge in [-0.1, -0.05) is 12.2 Å². The molecule has 1 saturated heterocycles. The second kappa shape index (κ2) is 3.74. The Bertz CT molecular complexity index is 183. The molecule has 1 radical (unpaired) electrons. The van der Waals surface area contributed by atoms with Gasteiger partial charge in [-0.05, 0) is 6.42 Å².